The van der Waals surface area contributed by atoms with Crippen molar-refractivity contribution < 1.29 is 9.15 Å². The van der Waals surface area contributed by atoms with E-state index in [9.17, 15) is 4.79 Å². The van der Waals surface area contributed by atoms with Crippen LogP contribution in [0.15, 0.2) is 57.7 Å². The Morgan fingerprint density at radius 2 is 1.81 bits per heavy atom. The Hall–Kier alpha value is -2.55. The molecule has 0 radical (unpaired) electrons. The lowest BCUT2D eigenvalue weighted by Gasteiger charge is -2.11. The van der Waals surface area contributed by atoms with Gasteiger partial charge in [0.15, 0.2) is 0 Å². The summed E-state index contributed by atoms with van der Waals surface area (Å²) in [4.78, 5) is 11.5. The van der Waals surface area contributed by atoms with Gasteiger partial charge in [-0.2, -0.15) is 0 Å². The van der Waals surface area contributed by atoms with Crippen molar-refractivity contribution in [1.82, 2.24) is 0 Å². The van der Waals surface area contributed by atoms with Crippen molar-refractivity contribution in [3.8, 4) is 5.75 Å². The first kappa shape index (κ1) is 13.4. The summed E-state index contributed by atoms with van der Waals surface area (Å²) in [6.07, 6.45) is 0. The summed E-state index contributed by atoms with van der Waals surface area (Å²) in [6, 6.07) is 15.3. The van der Waals surface area contributed by atoms with E-state index in [0.717, 1.165) is 27.8 Å². The van der Waals surface area contributed by atoms with Crippen LogP contribution in [0.1, 0.15) is 16.7 Å². The van der Waals surface area contributed by atoms with Gasteiger partial charge in [0, 0.05) is 17.0 Å². The minimum atomic E-state index is -0.330. The van der Waals surface area contributed by atoms with E-state index < -0.39 is 0 Å². The number of hydrogen-bond acceptors (Lipinski definition) is 3. The van der Waals surface area contributed by atoms with E-state index in [2.05, 4.69) is 0 Å². The maximum atomic E-state index is 11.5. The number of aryl methyl sites for hydroxylation is 2. The maximum Gasteiger partial charge on any atom is 0.336 e. The molecule has 3 nitrogen and oxygen atoms in total. The van der Waals surface area contributed by atoms with Gasteiger partial charge in [-0.15, -0.1) is 0 Å². The first-order valence-electron chi connectivity index (χ1n) is 6.86. The molecule has 0 spiro atoms. The molecule has 0 atom stereocenters. The average Bonchev–Trinajstić information content (AvgIpc) is 2.48. The molecule has 0 saturated carbocycles. The molecule has 1 aromatic heterocycles. The Morgan fingerprint density at radius 3 is 2.57 bits per heavy atom. The molecule has 0 aliphatic rings. The summed E-state index contributed by atoms with van der Waals surface area (Å²) in [5, 5.41) is 0.944. The number of rotatable bonds is 3. The summed E-state index contributed by atoms with van der Waals surface area (Å²) >= 11 is 0. The lowest BCUT2D eigenvalue weighted by atomic mass is 10.1. The second kappa shape index (κ2) is 5.44. The molecule has 106 valence electrons. The molecule has 0 N–H and O–H groups in total. The number of benzene rings is 2. The Morgan fingerprint density at radius 1 is 1.05 bits per heavy atom. The molecule has 0 amide bonds. The van der Waals surface area contributed by atoms with Crippen LogP contribution in [0, 0.1) is 13.8 Å². The van der Waals surface area contributed by atoms with Crippen LogP contribution in [-0.2, 0) is 6.61 Å². The minimum Gasteiger partial charge on any atom is -0.488 e. The molecule has 0 bridgehead atoms. The summed E-state index contributed by atoms with van der Waals surface area (Å²) in [7, 11) is 0. The molecule has 0 saturated heterocycles. The third-order valence-electron chi connectivity index (χ3n) is 3.56. The largest absolute Gasteiger partial charge is 0.488 e. The third-order valence-corrected chi connectivity index (χ3v) is 3.56. The van der Waals surface area contributed by atoms with E-state index in [0.29, 0.717) is 12.2 Å². The average molecular weight is 280 g/mol. The fraction of sp³-hybridized carbons (Fsp3) is 0.167. The second-order valence-corrected chi connectivity index (χ2v) is 5.09. The van der Waals surface area contributed by atoms with Crippen LogP contribution >= 0.6 is 0 Å². The van der Waals surface area contributed by atoms with E-state index in [1.54, 1.807) is 0 Å². The highest BCUT2D eigenvalue weighted by molar-refractivity contribution is 5.84. The molecule has 0 aliphatic carbocycles. The van der Waals surface area contributed by atoms with Gasteiger partial charge in [0.25, 0.3) is 0 Å². The Kier molecular flexibility index (Phi) is 3.48. The lowest BCUT2D eigenvalue weighted by Crippen LogP contribution is -2.01. The van der Waals surface area contributed by atoms with Crippen molar-refractivity contribution in [2.45, 2.75) is 20.5 Å². The topological polar surface area (TPSA) is 39.4 Å². The zero-order valence-electron chi connectivity index (χ0n) is 12.1. The summed E-state index contributed by atoms with van der Waals surface area (Å²) in [6.45, 7) is 4.30. The van der Waals surface area contributed by atoms with Crippen LogP contribution in [0.25, 0.3) is 11.0 Å². The fourth-order valence-electron chi connectivity index (χ4n) is 2.39. The van der Waals surface area contributed by atoms with E-state index >= 15 is 0 Å². The van der Waals surface area contributed by atoms with Crippen LogP contribution in [0.2, 0.25) is 0 Å². The van der Waals surface area contributed by atoms with Crippen molar-refractivity contribution in [2.24, 2.45) is 0 Å². The van der Waals surface area contributed by atoms with Crippen LogP contribution < -0.4 is 10.4 Å². The van der Waals surface area contributed by atoms with Crippen molar-refractivity contribution in [2.75, 3.05) is 0 Å². The fourth-order valence-corrected chi connectivity index (χ4v) is 2.39. The van der Waals surface area contributed by atoms with E-state index in [4.69, 9.17) is 9.15 Å². The molecule has 3 rings (SSSR count). The molecular weight excluding hydrogens is 264 g/mol. The standard InChI is InChI=1S/C18H16O3/c1-12-10-17(19)21-18-13(2)16(9-8-15(12)18)20-11-14-6-4-3-5-7-14/h3-10H,11H2,1-2H3. The van der Waals surface area contributed by atoms with E-state index in [1.165, 1.54) is 6.07 Å². The highest BCUT2D eigenvalue weighted by Gasteiger charge is 2.10. The van der Waals surface area contributed by atoms with Crippen molar-refractivity contribution in [3.63, 3.8) is 0 Å². The Bertz CT molecular complexity index is 832. The highest BCUT2D eigenvalue weighted by Crippen LogP contribution is 2.28. The Labute approximate surface area is 122 Å². The number of ether oxygens (including phenoxy) is 1. The van der Waals surface area contributed by atoms with Gasteiger partial charge in [-0.05, 0) is 37.1 Å². The van der Waals surface area contributed by atoms with Gasteiger partial charge in [0.1, 0.15) is 17.9 Å². The smallest absolute Gasteiger partial charge is 0.336 e. The molecule has 21 heavy (non-hydrogen) atoms. The quantitative estimate of drug-likeness (QED) is 0.681. The second-order valence-electron chi connectivity index (χ2n) is 5.09. The zero-order valence-corrected chi connectivity index (χ0v) is 12.1. The predicted molar refractivity (Wildman–Crippen MR) is 82.7 cm³/mol. The van der Waals surface area contributed by atoms with E-state index in [1.807, 2.05) is 56.3 Å². The van der Waals surface area contributed by atoms with Crippen LogP contribution in [0.3, 0.4) is 0 Å². The lowest BCUT2D eigenvalue weighted by molar-refractivity contribution is 0.304. The van der Waals surface area contributed by atoms with Crippen LogP contribution in [0.5, 0.6) is 5.75 Å². The number of fused-ring (bicyclic) bond motifs is 1. The maximum absolute atomic E-state index is 11.5. The van der Waals surface area contributed by atoms with Gasteiger partial charge in [-0.1, -0.05) is 30.3 Å². The van der Waals surface area contributed by atoms with Crippen LogP contribution in [0.4, 0.5) is 0 Å². The monoisotopic (exact) mass is 280 g/mol. The summed E-state index contributed by atoms with van der Waals surface area (Å²) in [5.41, 5.74) is 3.14. The zero-order chi connectivity index (χ0) is 14.8. The van der Waals surface area contributed by atoms with Crippen molar-refractivity contribution in [3.05, 3.63) is 75.6 Å². The third kappa shape index (κ3) is 2.68. The molecule has 3 heteroatoms. The van der Waals surface area contributed by atoms with Crippen molar-refractivity contribution in [1.29, 1.82) is 0 Å². The molecule has 1 heterocycles. The van der Waals surface area contributed by atoms with Gasteiger partial charge in [-0.3, -0.25) is 0 Å². The predicted octanol–water partition coefficient (Wildman–Crippen LogP) is 3.99. The molecule has 0 unspecified atom stereocenters. The molecule has 0 fully saturated rings. The minimum absolute atomic E-state index is 0.330. The van der Waals surface area contributed by atoms with Crippen molar-refractivity contribution >= 4 is 11.0 Å². The van der Waals surface area contributed by atoms with Gasteiger partial charge in [-0.25, -0.2) is 4.79 Å². The SMILES string of the molecule is Cc1cc(=O)oc2c(C)c(OCc3ccccc3)ccc12. The summed E-state index contributed by atoms with van der Waals surface area (Å²) in [5.74, 6) is 0.736. The number of hydrogen-bond donors (Lipinski definition) is 0. The normalized spacial score (nSPS) is 10.8. The van der Waals surface area contributed by atoms with Gasteiger partial charge in [0.05, 0.1) is 0 Å². The van der Waals surface area contributed by atoms with Gasteiger partial charge >= 0.3 is 5.63 Å². The van der Waals surface area contributed by atoms with Gasteiger partial charge < -0.3 is 9.15 Å². The van der Waals surface area contributed by atoms with Gasteiger partial charge in [0.2, 0.25) is 0 Å². The highest BCUT2D eigenvalue weighted by atomic mass is 16.5. The molecule has 0 aliphatic heterocycles. The summed E-state index contributed by atoms with van der Waals surface area (Å²) < 4.78 is 11.2. The first-order valence-corrected chi connectivity index (χ1v) is 6.86. The molecule has 2 aromatic carbocycles. The molecular formula is C18H16O3. The molecule has 3 aromatic rings. The first-order chi connectivity index (χ1) is 10.1. The van der Waals surface area contributed by atoms with Crippen LogP contribution in [-0.4, -0.2) is 0 Å². The van der Waals surface area contributed by atoms with E-state index in [-0.39, 0.29) is 5.63 Å². The Balaban J connectivity index is 1.97.